The van der Waals surface area contributed by atoms with Gasteiger partial charge in [0.2, 0.25) is 0 Å². The topological polar surface area (TPSA) is 86.1 Å². The van der Waals surface area contributed by atoms with Crippen LogP contribution < -0.4 is 5.32 Å². The van der Waals surface area contributed by atoms with Crippen LogP contribution in [0.5, 0.6) is 0 Å². The van der Waals surface area contributed by atoms with E-state index in [1.54, 1.807) is 23.6 Å². The van der Waals surface area contributed by atoms with Crippen molar-refractivity contribution in [2.75, 3.05) is 7.11 Å². The predicted octanol–water partition coefficient (Wildman–Crippen LogP) is 5.14. The third-order valence-electron chi connectivity index (χ3n) is 5.08. The van der Waals surface area contributed by atoms with Gasteiger partial charge in [0, 0.05) is 15.8 Å². The standard InChI is InChI=1S/C23H24N4O3S2/c1-13(2)27-22-16(12-24-27)15(10-17(25-22)20-8-7-14(3)32-20)23(29)26-18(11-21(28)30-4)19-6-5-9-31-19/h5-10,12-13,18H,11H2,1-4H3,(H,26,29). The maximum absolute atomic E-state index is 13.5. The summed E-state index contributed by atoms with van der Waals surface area (Å²) in [7, 11) is 1.34. The van der Waals surface area contributed by atoms with Crippen molar-refractivity contribution in [2.24, 2.45) is 0 Å². The summed E-state index contributed by atoms with van der Waals surface area (Å²) >= 11 is 3.11. The number of nitrogens with zero attached hydrogens (tertiary/aromatic N) is 3. The highest BCUT2D eigenvalue weighted by molar-refractivity contribution is 7.15. The number of ether oxygens (including phenoxy) is 1. The normalized spacial score (nSPS) is 12.3. The van der Waals surface area contributed by atoms with Crippen LogP contribution in [0.3, 0.4) is 0 Å². The molecule has 1 atom stereocenters. The number of rotatable bonds is 7. The molecule has 1 amide bonds. The summed E-state index contributed by atoms with van der Waals surface area (Å²) in [5.41, 5.74) is 1.87. The van der Waals surface area contributed by atoms with Gasteiger partial charge in [0.1, 0.15) is 0 Å². The van der Waals surface area contributed by atoms with Gasteiger partial charge in [0.15, 0.2) is 5.65 Å². The number of thiophene rings is 2. The van der Waals surface area contributed by atoms with Crippen molar-refractivity contribution in [3.8, 4) is 10.6 Å². The Hall–Kier alpha value is -3.04. The predicted molar refractivity (Wildman–Crippen MR) is 127 cm³/mol. The molecule has 4 aromatic heterocycles. The highest BCUT2D eigenvalue weighted by atomic mass is 32.1. The summed E-state index contributed by atoms with van der Waals surface area (Å²) in [6.45, 7) is 6.09. The van der Waals surface area contributed by atoms with E-state index >= 15 is 0 Å². The molecule has 32 heavy (non-hydrogen) atoms. The van der Waals surface area contributed by atoms with Gasteiger partial charge in [-0.1, -0.05) is 6.07 Å². The van der Waals surface area contributed by atoms with E-state index in [2.05, 4.69) is 10.4 Å². The van der Waals surface area contributed by atoms with Crippen LogP contribution in [-0.2, 0) is 9.53 Å². The van der Waals surface area contributed by atoms with Crippen molar-refractivity contribution in [1.82, 2.24) is 20.1 Å². The number of fused-ring (bicyclic) bond motifs is 1. The molecule has 0 bridgehead atoms. The Bertz CT molecular complexity index is 1260. The highest BCUT2D eigenvalue weighted by Crippen LogP contribution is 2.31. The molecule has 166 valence electrons. The third kappa shape index (κ3) is 4.44. The second-order valence-corrected chi connectivity index (χ2v) is 9.97. The molecule has 0 radical (unpaired) electrons. The van der Waals surface area contributed by atoms with E-state index in [1.165, 1.54) is 23.3 Å². The zero-order valence-electron chi connectivity index (χ0n) is 18.3. The number of methoxy groups -OCH3 is 1. The Balaban J connectivity index is 1.77. The molecule has 4 heterocycles. The van der Waals surface area contributed by atoms with Gasteiger partial charge in [-0.15, -0.1) is 22.7 Å². The molecular formula is C23H24N4O3S2. The zero-order chi connectivity index (χ0) is 22.8. The second-order valence-electron chi connectivity index (χ2n) is 7.71. The molecule has 0 aromatic carbocycles. The van der Waals surface area contributed by atoms with Gasteiger partial charge >= 0.3 is 5.97 Å². The van der Waals surface area contributed by atoms with Gasteiger partial charge < -0.3 is 10.1 Å². The number of carbonyl (C=O) groups excluding carboxylic acids is 2. The van der Waals surface area contributed by atoms with Gasteiger partial charge in [-0.2, -0.15) is 5.10 Å². The van der Waals surface area contributed by atoms with E-state index in [9.17, 15) is 9.59 Å². The molecule has 0 aliphatic heterocycles. The number of amides is 1. The summed E-state index contributed by atoms with van der Waals surface area (Å²) in [6.07, 6.45) is 1.74. The Morgan fingerprint density at radius 3 is 2.69 bits per heavy atom. The smallest absolute Gasteiger partial charge is 0.307 e. The first-order valence-electron chi connectivity index (χ1n) is 10.2. The molecule has 0 saturated heterocycles. The lowest BCUT2D eigenvalue weighted by atomic mass is 10.1. The van der Waals surface area contributed by atoms with Crippen LogP contribution >= 0.6 is 22.7 Å². The van der Waals surface area contributed by atoms with Crippen molar-refractivity contribution in [3.63, 3.8) is 0 Å². The number of aromatic nitrogens is 3. The van der Waals surface area contributed by atoms with Crippen molar-refractivity contribution < 1.29 is 14.3 Å². The molecule has 0 spiro atoms. The van der Waals surface area contributed by atoms with Gasteiger partial charge in [-0.05, 0) is 50.4 Å². The molecular weight excluding hydrogens is 444 g/mol. The van der Waals surface area contributed by atoms with Crippen LogP contribution in [-0.4, -0.2) is 33.8 Å². The first-order chi connectivity index (χ1) is 15.4. The Morgan fingerprint density at radius 2 is 2.06 bits per heavy atom. The van der Waals surface area contributed by atoms with Crippen LogP contribution in [0, 0.1) is 6.92 Å². The first-order valence-corrected chi connectivity index (χ1v) is 11.9. The van der Waals surface area contributed by atoms with Crippen molar-refractivity contribution in [2.45, 2.75) is 39.3 Å². The van der Waals surface area contributed by atoms with Gasteiger partial charge in [-0.25, -0.2) is 9.67 Å². The Kier molecular flexibility index (Phi) is 6.38. The van der Waals surface area contributed by atoms with E-state index in [0.29, 0.717) is 16.6 Å². The number of nitrogens with one attached hydrogen (secondary N) is 1. The van der Waals surface area contributed by atoms with E-state index in [0.717, 1.165) is 15.4 Å². The van der Waals surface area contributed by atoms with E-state index in [-0.39, 0.29) is 24.3 Å². The lowest BCUT2D eigenvalue weighted by Crippen LogP contribution is -2.30. The van der Waals surface area contributed by atoms with Crippen LogP contribution in [0.2, 0.25) is 0 Å². The number of pyridine rings is 1. The number of hydrogen-bond donors (Lipinski definition) is 1. The lowest BCUT2D eigenvalue weighted by molar-refractivity contribution is -0.141. The number of hydrogen-bond acceptors (Lipinski definition) is 7. The maximum atomic E-state index is 13.5. The van der Waals surface area contributed by atoms with E-state index in [4.69, 9.17) is 9.72 Å². The van der Waals surface area contributed by atoms with E-state index in [1.807, 2.05) is 55.1 Å². The van der Waals surface area contributed by atoms with Crippen LogP contribution in [0.1, 0.15) is 52.5 Å². The summed E-state index contributed by atoms with van der Waals surface area (Å²) in [6, 6.07) is 9.26. The monoisotopic (exact) mass is 468 g/mol. The summed E-state index contributed by atoms with van der Waals surface area (Å²) in [4.78, 5) is 33.3. The first kappa shape index (κ1) is 22.2. The number of carbonyl (C=O) groups is 2. The minimum absolute atomic E-state index is 0.0548. The molecule has 1 N–H and O–H groups in total. The molecule has 0 fully saturated rings. The van der Waals surface area contributed by atoms with Crippen LogP contribution in [0.4, 0.5) is 0 Å². The molecule has 1 unspecified atom stereocenters. The molecule has 0 aliphatic carbocycles. The lowest BCUT2D eigenvalue weighted by Gasteiger charge is -2.17. The van der Waals surface area contributed by atoms with Crippen molar-refractivity contribution >= 4 is 45.6 Å². The molecule has 7 nitrogen and oxygen atoms in total. The molecule has 4 rings (SSSR count). The molecule has 4 aromatic rings. The largest absolute Gasteiger partial charge is 0.469 e. The van der Waals surface area contributed by atoms with Gasteiger partial charge in [-0.3, -0.25) is 9.59 Å². The second kappa shape index (κ2) is 9.22. The number of esters is 1. The average Bonchev–Trinajstić information content (AvgIpc) is 3.52. The van der Waals surface area contributed by atoms with Gasteiger partial charge in [0.05, 0.1) is 47.3 Å². The zero-order valence-corrected chi connectivity index (χ0v) is 19.9. The fourth-order valence-electron chi connectivity index (χ4n) is 3.48. The van der Waals surface area contributed by atoms with Gasteiger partial charge in [0.25, 0.3) is 5.91 Å². The summed E-state index contributed by atoms with van der Waals surface area (Å²) in [5, 5.41) is 10.1. The third-order valence-corrected chi connectivity index (χ3v) is 7.09. The van der Waals surface area contributed by atoms with Crippen LogP contribution in [0.25, 0.3) is 21.6 Å². The number of aryl methyl sites for hydroxylation is 1. The highest BCUT2D eigenvalue weighted by Gasteiger charge is 2.24. The average molecular weight is 469 g/mol. The minimum atomic E-state index is -0.481. The molecule has 0 aliphatic rings. The fourth-order valence-corrected chi connectivity index (χ4v) is 5.09. The summed E-state index contributed by atoms with van der Waals surface area (Å²) < 4.78 is 6.66. The Labute approximate surface area is 194 Å². The van der Waals surface area contributed by atoms with Crippen molar-refractivity contribution in [1.29, 1.82) is 0 Å². The van der Waals surface area contributed by atoms with Crippen molar-refractivity contribution in [3.05, 3.63) is 57.2 Å². The molecule has 0 saturated carbocycles. The Morgan fingerprint density at radius 1 is 1.25 bits per heavy atom. The molecule has 9 heteroatoms. The quantitative estimate of drug-likeness (QED) is 0.379. The maximum Gasteiger partial charge on any atom is 0.307 e. The fraction of sp³-hybridized carbons (Fsp3) is 0.304. The minimum Gasteiger partial charge on any atom is -0.469 e. The van der Waals surface area contributed by atoms with E-state index < -0.39 is 6.04 Å². The van der Waals surface area contributed by atoms with Crippen LogP contribution in [0.15, 0.2) is 41.9 Å². The SMILES string of the molecule is COC(=O)CC(NC(=O)c1cc(-c2ccc(C)s2)nc2c1cnn2C(C)C)c1cccs1. The summed E-state index contributed by atoms with van der Waals surface area (Å²) in [5.74, 6) is -0.663.